The summed E-state index contributed by atoms with van der Waals surface area (Å²) in [5, 5.41) is 9.09. The van der Waals surface area contributed by atoms with Gasteiger partial charge >= 0.3 is 5.97 Å². The molecule has 0 aromatic carbocycles. The number of rotatable bonds is 3. The number of hydrogen-bond donors (Lipinski definition) is 3. The normalized spacial score (nSPS) is 21.6. The van der Waals surface area contributed by atoms with Gasteiger partial charge in [-0.3, -0.25) is 9.59 Å². The number of nitrogens with two attached hydrogens (primary N) is 1. The van der Waals surface area contributed by atoms with E-state index in [2.05, 4.69) is 4.98 Å². The van der Waals surface area contributed by atoms with E-state index in [1.807, 2.05) is 0 Å². The molecule has 0 aliphatic carbocycles. The Morgan fingerprint density at radius 2 is 1.95 bits per heavy atom. The van der Waals surface area contributed by atoms with Crippen molar-refractivity contribution in [3.63, 3.8) is 0 Å². The average Bonchev–Trinajstić information content (AvgIpc) is 2.91. The molecule has 1 aliphatic heterocycles. The molecular formula is C14H19N3O4. The Hall–Kier alpha value is -2.31. The van der Waals surface area contributed by atoms with Crippen LogP contribution in [0.2, 0.25) is 0 Å². The molecule has 114 valence electrons. The van der Waals surface area contributed by atoms with E-state index < -0.39 is 17.3 Å². The second kappa shape index (κ2) is 4.91. The van der Waals surface area contributed by atoms with Crippen molar-refractivity contribution < 1.29 is 19.5 Å². The number of amides is 2. The fourth-order valence-corrected chi connectivity index (χ4v) is 2.78. The van der Waals surface area contributed by atoms with Crippen molar-refractivity contribution in [2.24, 2.45) is 11.1 Å². The van der Waals surface area contributed by atoms with Crippen LogP contribution in [0.25, 0.3) is 0 Å². The Kier molecular flexibility index (Phi) is 3.52. The van der Waals surface area contributed by atoms with E-state index in [1.54, 1.807) is 25.7 Å². The first kappa shape index (κ1) is 15.1. The van der Waals surface area contributed by atoms with Crippen LogP contribution >= 0.6 is 0 Å². The van der Waals surface area contributed by atoms with Gasteiger partial charge < -0.3 is 20.7 Å². The standard InChI is InChI=1S/C14H19N3O4/c1-7-9(8(2)16-10(7)12(19)20)11(18)17-5-4-14(3,6-17)13(15)21/h16H,4-6H2,1-3H3,(H2,15,21)(H,19,20). The number of nitrogens with one attached hydrogen (secondary N) is 1. The molecule has 1 aromatic heterocycles. The molecule has 2 amide bonds. The molecule has 1 atom stereocenters. The van der Waals surface area contributed by atoms with Crippen molar-refractivity contribution in [3.8, 4) is 0 Å². The maximum Gasteiger partial charge on any atom is 0.352 e. The van der Waals surface area contributed by atoms with Crippen molar-refractivity contribution in [1.82, 2.24) is 9.88 Å². The lowest BCUT2D eigenvalue weighted by molar-refractivity contribution is -0.126. The molecule has 0 spiro atoms. The van der Waals surface area contributed by atoms with Crippen LogP contribution in [0.4, 0.5) is 0 Å². The van der Waals surface area contributed by atoms with Gasteiger partial charge in [-0.2, -0.15) is 0 Å². The second-order valence-electron chi connectivity index (χ2n) is 5.83. The number of likely N-dealkylation sites (tertiary alicyclic amines) is 1. The van der Waals surface area contributed by atoms with Crippen LogP contribution in [0.5, 0.6) is 0 Å². The van der Waals surface area contributed by atoms with E-state index in [4.69, 9.17) is 10.8 Å². The molecule has 0 bridgehead atoms. The molecule has 7 nitrogen and oxygen atoms in total. The number of nitrogens with zero attached hydrogens (tertiary/aromatic N) is 1. The third kappa shape index (κ3) is 2.39. The van der Waals surface area contributed by atoms with Crippen molar-refractivity contribution >= 4 is 17.8 Å². The number of H-pyrrole nitrogens is 1. The van der Waals surface area contributed by atoms with Gasteiger partial charge in [-0.05, 0) is 32.8 Å². The van der Waals surface area contributed by atoms with E-state index >= 15 is 0 Å². The lowest BCUT2D eigenvalue weighted by atomic mass is 9.89. The highest BCUT2D eigenvalue weighted by Gasteiger charge is 2.41. The number of carboxylic acid groups (broad SMARTS) is 1. The Bertz CT molecular complexity index is 634. The smallest absolute Gasteiger partial charge is 0.352 e. The average molecular weight is 293 g/mol. The summed E-state index contributed by atoms with van der Waals surface area (Å²) < 4.78 is 0. The molecule has 1 unspecified atom stereocenters. The highest BCUT2D eigenvalue weighted by atomic mass is 16.4. The van der Waals surface area contributed by atoms with Crippen molar-refractivity contribution in [2.75, 3.05) is 13.1 Å². The molecule has 2 heterocycles. The third-order valence-electron chi connectivity index (χ3n) is 4.22. The summed E-state index contributed by atoms with van der Waals surface area (Å²) in [4.78, 5) is 39.4. The van der Waals surface area contributed by atoms with Crippen LogP contribution in [0, 0.1) is 19.3 Å². The van der Waals surface area contributed by atoms with Crippen molar-refractivity contribution in [3.05, 3.63) is 22.5 Å². The number of primary amides is 1. The largest absolute Gasteiger partial charge is 0.477 e. The molecule has 7 heteroatoms. The first-order chi connectivity index (χ1) is 9.67. The molecule has 4 N–H and O–H groups in total. The Morgan fingerprint density at radius 3 is 2.38 bits per heavy atom. The summed E-state index contributed by atoms with van der Waals surface area (Å²) in [6, 6.07) is 0. The van der Waals surface area contributed by atoms with E-state index in [-0.39, 0.29) is 18.1 Å². The second-order valence-corrected chi connectivity index (χ2v) is 5.83. The van der Waals surface area contributed by atoms with E-state index in [1.165, 1.54) is 0 Å². The number of aromatic carboxylic acids is 1. The van der Waals surface area contributed by atoms with Crippen LogP contribution in [0.15, 0.2) is 0 Å². The van der Waals surface area contributed by atoms with Gasteiger partial charge in [-0.15, -0.1) is 0 Å². The quantitative estimate of drug-likeness (QED) is 0.759. The van der Waals surface area contributed by atoms with Crippen LogP contribution in [0.1, 0.15) is 45.4 Å². The number of aromatic amines is 1. The van der Waals surface area contributed by atoms with Gasteiger partial charge in [0.05, 0.1) is 11.0 Å². The number of carbonyl (C=O) groups is 3. The molecule has 2 rings (SSSR count). The monoisotopic (exact) mass is 293 g/mol. The van der Waals surface area contributed by atoms with Crippen molar-refractivity contribution in [1.29, 1.82) is 0 Å². The minimum absolute atomic E-state index is 0.0210. The van der Waals surface area contributed by atoms with Gasteiger partial charge in [0, 0.05) is 18.8 Å². The zero-order chi connectivity index (χ0) is 15.9. The summed E-state index contributed by atoms with van der Waals surface area (Å²) >= 11 is 0. The lowest BCUT2D eigenvalue weighted by Crippen LogP contribution is -2.38. The van der Waals surface area contributed by atoms with Gasteiger partial charge in [-0.25, -0.2) is 4.79 Å². The molecule has 1 fully saturated rings. The van der Waals surface area contributed by atoms with Crippen LogP contribution in [-0.2, 0) is 4.79 Å². The van der Waals surface area contributed by atoms with Gasteiger partial charge in [0.25, 0.3) is 5.91 Å². The predicted molar refractivity (Wildman–Crippen MR) is 75.0 cm³/mol. The minimum Gasteiger partial charge on any atom is -0.477 e. The molecule has 21 heavy (non-hydrogen) atoms. The summed E-state index contributed by atoms with van der Waals surface area (Å²) in [6.45, 7) is 5.69. The molecule has 0 saturated carbocycles. The summed E-state index contributed by atoms with van der Waals surface area (Å²) in [5.41, 5.74) is 5.97. The molecular weight excluding hydrogens is 274 g/mol. The Labute approximate surface area is 122 Å². The maximum absolute atomic E-state index is 12.6. The van der Waals surface area contributed by atoms with Gasteiger partial charge in [0.2, 0.25) is 5.91 Å². The highest BCUT2D eigenvalue weighted by Crippen LogP contribution is 2.31. The zero-order valence-electron chi connectivity index (χ0n) is 12.3. The fourth-order valence-electron chi connectivity index (χ4n) is 2.78. The molecule has 1 aromatic rings. The summed E-state index contributed by atoms with van der Waals surface area (Å²) in [5.74, 6) is -1.79. The number of aromatic nitrogens is 1. The van der Waals surface area contributed by atoms with E-state index in [9.17, 15) is 14.4 Å². The first-order valence-corrected chi connectivity index (χ1v) is 6.69. The van der Waals surface area contributed by atoms with Gasteiger partial charge in [-0.1, -0.05) is 0 Å². The topological polar surface area (TPSA) is 116 Å². The Morgan fingerprint density at radius 1 is 1.33 bits per heavy atom. The van der Waals surface area contributed by atoms with Crippen LogP contribution in [-0.4, -0.2) is 45.9 Å². The molecule has 0 radical (unpaired) electrons. The predicted octanol–water partition coefficient (Wildman–Crippen LogP) is 0.667. The summed E-state index contributed by atoms with van der Waals surface area (Å²) in [7, 11) is 0. The minimum atomic E-state index is -1.10. The fraction of sp³-hybridized carbons (Fsp3) is 0.500. The lowest BCUT2D eigenvalue weighted by Gasteiger charge is -2.21. The summed E-state index contributed by atoms with van der Waals surface area (Å²) in [6.07, 6.45) is 0.516. The molecule has 1 saturated heterocycles. The number of aryl methyl sites for hydroxylation is 1. The zero-order valence-corrected chi connectivity index (χ0v) is 12.3. The van der Waals surface area contributed by atoms with Gasteiger partial charge in [0.1, 0.15) is 5.69 Å². The van der Waals surface area contributed by atoms with Gasteiger partial charge in [0.15, 0.2) is 0 Å². The first-order valence-electron chi connectivity index (χ1n) is 6.69. The van der Waals surface area contributed by atoms with Crippen molar-refractivity contribution in [2.45, 2.75) is 27.2 Å². The number of carboxylic acids is 1. The Balaban J connectivity index is 2.31. The van der Waals surface area contributed by atoms with E-state index in [0.717, 1.165) is 0 Å². The maximum atomic E-state index is 12.6. The molecule has 1 aliphatic rings. The number of hydrogen-bond acceptors (Lipinski definition) is 3. The van der Waals surface area contributed by atoms with Crippen LogP contribution < -0.4 is 5.73 Å². The number of carbonyl (C=O) groups excluding carboxylic acids is 2. The van der Waals surface area contributed by atoms with E-state index in [0.29, 0.717) is 29.8 Å². The highest BCUT2D eigenvalue weighted by molar-refractivity contribution is 6.01. The van der Waals surface area contributed by atoms with Crippen LogP contribution in [0.3, 0.4) is 0 Å². The third-order valence-corrected chi connectivity index (χ3v) is 4.22. The SMILES string of the molecule is Cc1[nH]c(C(=O)O)c(C)c1C(=O)N1CCC(C)(C(N)=O)C1.